The van der Waals surface area contributed by atoms with Crippen LogP contribution in [0.1, 0.15) is 32.0 Å². The molecule has 12 heteroatoms. The number of nitrogens with two attached hydrogens (primary N) is 1. The van der Waals surface area contributed by atoms with Gasteiger partial charge in [0, 0.05) is 0 Å². The maximum Gasteiger partial charge on any atom is 0.338 e. The van der Waals surface area contributed by atoms with Gasteiger partial charge in [-0.2, -0.15) is 10.4 Å². The van der Waals surface area contributed by atoms with Crippen molar-refractivity contribution in [1.29, 1.82) is 5.26 Å². The smallest absolute Gasteiger partial charge is 0.338 e. The highest BCUT2D eigenvalue weighted by Gasteiger charge is 2.63. The molecule has 4 atom stereocenters. The molecule has 0 amide bonds. The molecule has 1 aliphatic rings. The van der Waals surface area contributed by atoms with Crippen molar-refractivity contribution >= 4 is 29.2 Å². The molecule has 46 heavy (non-hydrogen) atoms. The SMILES string of the molecule is N#C[C@@]1(c2ccc3c(N)ncnn23)O[C@H](COC(=O)Cc2ccccc2)[C@@H](OC(=O)c2ccccc2)[C@H]1OC(=O)c1ccccc1. The number of hydrogen-bond acceptors (Lipinski definition) is 11. The molecule has 3 heterocycles. The Hall–Kier alpha value is -6.06. The first-order valence-electron chi connectivity index (χ1n) is 14.3. The number of carbonyl (C=O) groups excluding carboxylic acids is 3. The third-order valence-corrected chi connectivity index (χ3v) is 7.53. The quantitative estimate of drug-likeness (QED) is 0.189. The predicted molar refractivity (Wildman–Crippen MR) is 162 cm³/mol. The highest BCUT2D eigenvalue weighted by molar-refractivity contribution is 5.90. The van der Waals surface area contributed by atoms with Gasteiger partial charge in [0.15, 0.2) is 18.0 Å². The number of nitrogens with zero attached hydrogens (tertiary/aromatic N) is 4. The monoisotopic (exact) mass is 617 g/mol. The number of nitriles is 1. The van der Waals surface area contributed by atoms with E-state index in [1.807, 2.05) is 6.07 Å². The van der Waals surface area contributed by atoms with Crippen LogP contribution in [0.4, 0.5) is 5.82 Å². The topological polar surface area (TPSA) is 168 Å². The minimum atomic E-state index is -2.10. The summed E-state index contributed by atoms with van der Waals surface area (Å²) in [5.41, 5.74) is 5.57. The average Bonchev–Trinajstić information content (AvgIpc) is 3.65. The summed E-state index contributed by atoms with van der Waals surface area (Å²) in [6.45, 7) is -0.429. The number of esters is 3. The minimum Gasteiger partial charge on any atom is -0.463 e. The second-order valence-electron chi connectivity index (χ2n) is 10.4. The van der Waals surface area contributed by atoms with Gasteiger partial charge in [-0.1, -0.05) is 66.7 Å². The van der Waals surface area contributed by atoms with E-state index in [4.69, 9.17) is 24.7 Å². The van der Waals surface area contributed by atoms with Crippen LogP contribution in [0.25, 0.3) is 5.52 Å². The lowest BCUT2D eigenvalue weighted by Crippen LogP contribution is -2.46. The van der Waals surface area contributed by atoms with E-state index >= 15 is 0 Å². The molecule has 3 aromatic carbocycles. The van der Waals surface area contributed by atoms with E-state index in [1.54, 1.807) is 91.0 Å². The van der Waals surface area contributed by atoms with E-state index in [-0.39, 0.29) is 29.1 Å². The molecule has 230 valence electrons. The molecule has 0 radical (unpaired) electrons. The molecule has 12 nitrogen and oxygen atoms in total. The van der Waals surface area contributed by atoms with Gasteiger partial charge in [-0.25, -0.2) is 19.1 Å². The molecule has 0 bridgehead atoms. The number of benzene rings is 3. The zero-order chi connectivity index (χ0) is 32.1. The Morgan fingerprint density at radius 3 is 2.11 bits per heavy atom. The molecule has 0 spiro atoms. The van der Waals surface area contributed by atoms with Gasteiger partial charge in [-0.3, -0.25) is 4.79 Å². The number of nitrogen functional groups attached to an aromatic ring is 1. The summed E-state index contributed by atoms with van der Waals surface area (Å²) in [7, 11) is 0. The van der Waals surface area contributed by atoms with Crippen LogP contribution in [-0.2, 0) is 35.8 Å². The van der Waals surface area contributed by atoms with Crippen molar-refractivity contribution in [2.24, 2.45) is 0 Å². The number of aromatic nitrogens is 3. The summed E-state index contributed by atoms with van der Waals surface area (Å²) in [4.78, 5) is 43.8. The molecule has 6 rings (SSSR count). The number of hydrogen-bond donors (Lipinski definition) is 1. The molecule has 1 saturated heterocycles. The van der Waals surface area contributed by atoms with Crippen molar-refractivity contribution in [2.75, 3.05) is 12.3 Å². The number of fused-ring (bicyclic) bond motifs is 1. The van der Waals surface area contributed by atoms with Gasteiger partial charge in [-0.05, 0) is 42.0 Å². The van der Waals surface area contributed by atoms with Crippen LogP contribution < -0.4 is 5.73 Å². The molecule has 2 N–H and O–H groups in total. The maximum absolute atomic E-state index is 13.5. The normalized spacial score (nSPS) is 20.5. The summed E-state index contributed by atoms with van der Waals surface area (Å²) in [6.07, 6.45) is -3.03. The maximum atomic E-state index is 13.5. The lowest BCUT2D eigenvalue weighted by molar-refractivity contribution is -0.149. The molecular weight excluding hydrogens is 590 g/mol. The molecule has 2 aromatic heterocycles. The highest BCUT2D eigenvalue weighted by atomic mass is 16.7. The molecule has 0 aliphatic carbocycles. The van der Waals surface area contributed by atoms with Crippen molar-refractivity contribution in [3.63, 3.8) is 0 Å². The fourth-order valence-electron chi connectivity index (χ4n) is 5.32. The van der Waals surface area contributed by atoms with Gasteiger partial charge in [0.1, 0.15) is 30.6 Å². The number of anilines is 1. The average molecular weight is 618 g/mol. The fraction of sp³-hybridized carbons (Fsp3) is 0.176. The van der Waals surface area contributed by atoms with Crippen LogP contribution in [0, 0.1) is 11.3 Å². The van der Waals surface area contributed by atoms with Crippen LogP contribution in [0.3, 0.4) is 0 Å². The van der Waals surface area contributed by atoms with Gasteiger partial charge < -0.3 is 24.7 Å². The van der Waals surface area contributed by atoms with Gasteiger partial charge in [0.25, 0.3) is 0 Å². The first-order chi connectivity index (χ1) is 22.4. The first kappa shape index (κ1) is 30.0. The van der Waals surface area contributed by atoms with Crippen molar-refractivity contribution in [3.8, 4) is 6.07 Å². The molecule has 1 aliphatic heterocycles. The summed E-state index contributed by atoms with van der Waals surface area (Å²) >= 11 is 0. The Bertz CT molecular complexity index is 1910. The van der Waals surface area contributed by atoms with Gasteiger partial charge in [-0.15, -0.1) is 0 Å². The lowest BCUT2D eigenvalue weighted by Gasteiger charge is -2.28. The van der Waals surface area contributed by atoms with Crippen molar-refractivity contribution in [2.45, 2.75) is 30.3 Å². The molecule has 0 saturated carbocycles. The number of ether oxygens (including phenoxy) is 4. The highest BCUT2D eigenvalue weighted by Crippen LogP contribution is 2.44. The third-order valence-electron chi connectivity index (χ3n) is 7.53. The van der Waals surface area contributed by atoms with E-state index in [0.717, 1.165) is 5.56 Å². The zero-order valence-corrected chi connectivity index (χ0v) is 24.3. The summed E-state index contributed by atoms with van der Waals surface area (Å²) < 4.78 is 25.3. The van der Waals surface area contributed by atoms with Crippen LogP contribution in [0.2, 0.25) is 0 Å². The summed E-state index contributed by atoms with van der Waals surface area (Å²) in [6, 6.07) is 30.5. The fourth-order valence-corrected chi connectivity index (χ4v) is 5.32. The third kappa shape index (κ3) is 5.87. The van der Waals surface area contributed by atoms with Crippen LogP contribution in [0.15, 0.2) is 109 Å². The van der Waals surface area contributed by atoms with E-state index < -0.39 is 48.4 Å². The van der Waals surface area contributed by atoms with Gasteiger partial charge in [0.05, 0.1) is 23.2 Å². The van der Waals surface area contributed by atoms with E-state index in [1.165, 1.54) is 16.9 Å². The molecular formula is C34H27N5O7. The Labute approximate surface area is 262 Å². The Balaban J connectivity index is 1.41. The van der Waals surface area contributed by atoms with Gasteiger partial charge >= 0.3 is 17.9 Å². The summed E-state index contributed by atoms with van der Waals surface area (Å²) in [5, 5.41) is 15.1. The van der Waals surface area contributed by atoms with Crippen LogP contribution >= 0.6 is 0 Å². The molecule has 0 unspecified atom stereocenters. The Morgan fingerprint density at radius 2 is 1.48 bits per heavy atom. The second kappa shape index (κ2) is 12.9. The Morgan fingerprint density at radius 1 is 0.870 bits per heavy atom. The lowest BCUT2D eigenvalue weighted by atomic mass is 9.92. The standard InChI is InChI=1S/C34H27N5O7/c35-20-34(27-17-16-25-31(36)37-21-38-39(25)27)30(45-33(42)24-14-8-3-9-15-24)29(44-32(41)23-12-6-2-7-13-23)26(46-34)19-43-28(40)18-22-10-4-1-5-11-22/h1-17,21,26,29-30H,18-19H2,(H2,36,37,38)/t26-,29-,30-,34+/m1/s1. The van der Waals surface area contributed by atoms with Crippen LogP contribution in [-0.4, -0.2) is 57.4 Å². The Kier molecular flexibility index (Phi) is 8.40. The van der Waals surface area contributed by atoms with Crippen molar-refractivity contribution in [3.05, 3.63) is 132 Å². The molecule has 1 fully saturated rings. The largest absolute Gasteiger partial charge is 0.463 e. The first-order valence-corrected chi connectivity index (χ1v) is 14.3. The minimum absolute atomic E-state index is 0.0304. The van der Waals surface area contributed by atoms with Crippen LogP contribution in [0.5, 0.6) is 0 Å². The predicted octanol–water partition coefficient (Wildman–Crippen LogP) is 3.67. The van der Waals surface area contributed by atoms with Gasteiger partial charge in [0.2, 0.25) is 5.60 Å². The zero-order valence-electron chi connectivity index (χ0n) is 24.3. The van der Waals surface area contributed by atoms with E-state index in [2.05, 4.69) is 16.2 Å². The van der Waals surface area contributed by atoms with E-state index in [9.17, 15) is 19.6 Å². The molecule has 5 aromatic rings. The number of rotatable bonds is 9. The van der Waals surface area contributed by atoms with E-state index in [0.29, 0.717) is 5.52 Å². The summed E-state index contributed by atoms with van der Waals surface area (Å²) in [5.74, 6) is -2.02. The second-order valence-corrected chi connectivity index (χ2v) is 10.4. The van der Waals surface area contributed by atoms with Crippen molar-refractivity contribution in [1.82, 2.24) is 14.6 Å². The number of carbonyl (C=O) groups is 3. The van der Waals surface area contributed by atoms with Crippen molar-refractivity contribution < 1.29 is 33.3 Å².